The van der Waals surface area contributed by atoms with E-state index in [4.69, 9.17) is 53.4 Å². The first-order chi connectivity index (χ1) is 40.5. The van der Waals surface area contributed by atoms with Crippen molar-refractivity contribution in [1.82, 2.24) is 8.61 Å². The molecule has 8 rings (SSSR count). The highest BCUT2D eigenvalue weighted by atomic mass is 35.5. The number of methoxy groups -OCH3 is 2. The fraction of sp³-hybridized carbons (Fsp3) is 0.183. The molecule has 0 aromatic heterocycles. The van der Waals surface area contributed by atoms with E-state index in [1.54, 1.807) is 91.0 Å². The molecule has 15 nitrogen and oxygen atoms in total. The van der Waals surface area contributed by atoms with E-state index in [1.807, 2.05) is 0 Å². The highest BCUT2D eigenvalue weighted by Gasteiger charge is 2.55. The minimum atomic E-state index is -6.25. The van der Waals surface area contributed by atoms with Gasteiger partial charge in [0.2, 0.25) is 20.0 Å². The molecule has 0 fully saturated rings. The van der Waals surface area contributed by atoms with Crippen molar-refractivity contribution >= 4 is 75.8 Å². The van der Waals surface area contributed by atoms with Crippen LogP contribution < -0.4 is 18.3 Å². The van der Waals surface area contributed by atoms with Gasteiger partial charge in [-0.25, -0.2) is 26.2 Å². The lowest BCUT2D eigenvalue weighted by molar-refractivity contribution is 0.0588. The summed E-state index contributed by atoms with van der Waals surface area (Å²) < 4.78 is 172. The van der Waals surface area contributed by atoms with Crippen molar-refractivity contribution in [2.24, 2.45) is 0 Å². The number of carboxylic acids is 1. The lowest BCUT2D eigenvalue weighted by atomic mass is 9.99. The second-order valence-corrected chi connectivity index (χ2v) is 29.7. The summed E-state index contributed by atoms with van der Waals surface area (Å²) in [5.41, 5.74) is -6.73. The maximum absolute atomic E-state index is 16.5. The number of ether oxygens (including phenoxy) is 2. The Kier molecular flexibility index (Phi) is 20.0. The number of benzene rings is 8. The molecule has 0 amide bonds. The average molecular weight is 1320 g/mol. The van der Waals surface area contributed by atoms with Crippen LogP contribution in [0.4, 0.5) is 17.6 Å². The van der Waals surface area contributed by atoms with Crippen molar-refractivity contribution in [3.8, 4) is 45.3 Å². The summed E-state index contributed by atoms with van der Waals surface area (Å²) >= 11 is 18.7. The third kappa shape index (κ3) is 14.1. The van der Waals surface area contributed by atoms with Gasteiger partial charge in [0.05, 0.1) is 35.4 Å². The zero-order chi connectivity index (χ0) is 62.6. The van der Waals surface area contributed by atoms with Gasteiger partial charge in [-0.05, 0) is 125 Å². The molecule has 0 aliphatic carbocycles. The lowest BCUT2D eigenvalue weighted by Crippen LogP contribution is -2.33. The summed E-state index contributed by atoms with van der Waals surface area (Å²) in [6.07, 6.45) is -0.0187. The van der Waals surface area contributed by atoms with E-state index in [1.165, 1.54) is 50.6 Å². The highest BCUT2D eigenvalue weighted by Crippen LogP contribution is 2.64. The van der Waals surface area contributed by atoms with Gasteiger partial charge in [0.15, 0.2) is 12.9 Å². The number of alkyl halides is 4. The number of nitrogens with zero attached hydrogens (tertiary/aromatic N) is 2. The first-order valence-corrected chi connectivity index (χ1v) is 33.8. The molecule has 0 saturated heterocycles. The molecule has 0 saturated carbocycles. The van der Waals surface area contributed by atoms with Crippen molar-refractivity contribution in [2.45, 2.75) is 47.2 Å². The van der Waals surface area contributed by atoms with Crippen LogP contribution >= 0.6 is 49.8 Å². The molecule has 0 bridgehead atoms. The fourth-order valence-electron chi connectivity index (χ4n) is 9.18. The summed E-state index contributed by atoms with van der Waals surface area (Å²) in [6, 6.07) is 41.2. The van der Waals surface area contributed by atoms with Gasteiger partial charge in [0.25, 0.3) is 0 Å². The maximum atomic E-state index is 16.5. The smallest absolute Gasteiger partial charge is 0.450 e. The minimum Gasteiger partial charge on any atom is -0.497 e. The van der Waals surface area contributed by atoms with E-state index >= 15 is 17.6 Å². The molecule has 8 aromatic rings. The molecule has 0 heterocycles. The number of carbonyl (C=O) groups is 1. The number of sulfonamides is 2. The van der Waals surface area contributed by atoms with Gasteiger partial charge in [-0.1, -0.05) is 132 Å². The molecule has 1 atom stereocenters. The summed E-state index contributed by atoms with van der Waals surface area (Å²) in [6.45, 7) is 0.188. The molecule has 0 aliphatic heterocycles. The normalized spacial score (nSPS) is 13.1. The molecule has 452 valence electrons. The third-order valence-corrected chi connectivity index (χ3v) is 21.3. The van der Waals surface area contributed by atoms with Gasteiger partial charge in [-0.15, -0.1) is 0 Å². The molecular weight excluding hydrogens is 1270 g/mol. The predicted octanol–water partition coefficient (Wildman–Crippen LogP) is 15.4. The van der Waals surface area contributed by atoms with Gasteiger partial charge in [-0.3, -0.25) is 0 Å². The Balaban J connectivity index is 1.08. The van der Waals surface area contributed by atoms with E-state index in [2.05, 4.69) is 0 Å². The number of halogens is 7. The number of hydrogen-bond donors (Lipinski definition) is 2. The maximum Gasteiger partial charge on any atom is 0.450 e. The Morgan fingerprint density at radius 1 is 0.570 bits per heavy atom. The molecule has 8 aromatic carbocycles. The van der Waals surface area contributed by atoms with E-state index in [0.29, 0.717) is 39.6 Å². The Morgan fingerprint density at radius 2 is 1.13 bits per heavy atom. The molecule has 0 spiro atoms. The molecule has 0 radical (unpaired) electrons. The predicted molar refractivity (Wildman–Crippen MR) is 322 cm³/mol. The highest BCUT2D eigenvalue weighted by molar-refractivity contribution is 7.89. The molecule has 2 N–H and O–H groups in total. The van der Waals surface area contributed by atoms with Crippen molar-refractivity contribution < 1.29 is 76.6 Å². The van der Waals surface area contributed by atoms with Crippen LogP contribution in [0, 0.1) is 0 Å². The van der Waals surface area contributed by atoms with Crippen LogP contribution in [-0.4, -0.2) is 75.5 Å². The average Bonchev–Trinajstić information content (AvgIpc) is 1.21. The summed E-state index contributed by atoms with van der Waals surface area (Å²) in [4.78, 5) is 21.9. The molecule has 0 aliphatic rings. The third-order valence-electron chi connectivity index (χ3n) is 13.8. The molecule has 86 heavy (non-hydrogen) atoms. The second kappa shape index (κ2) is 26.3. The van der Waals surface area contributed by atoms with Gasteiger partial charge < -0.3 is 32.9 Å². The lowest BCUT2D eigenvalue weighted by Gasteiger charge is -2.26. The number of carboxylic acid groups (broad SMARTS) is 1. The molecule has 1 unspecified atom stereocenters. The largest absolute Gasteiger partial charge is 0.497 e. The van der Waals surface area contributed by atoms with Crippen LogP contribution in [-0.2, 0) is 66.6 Å². The van der Waals surface area contributed by atoms with E-state index < -0.39 is 103 Å². The summed E-state index contributed by atoms with van der Waals surface area (Å²) in [7, 11) is -16.8. The first-order valence-electron chi connectivity index (χ1n) is 25.6. The van der Waals surface area contributed by atoms with Crippen LogP contribution in [0.2, 0.25) is 10.0 Å². The van der Waals surface area contributed by atoms with Crippen LogP contribution in [0.3, 0.4) is 0 Å². The standard InChI is InChI=1S/C60H53Cl3F4N2O13P2S2/c1-79-47-23-21-42(22-24-47)49-16-6-5-12-46(49)38-69(86(77,78)56-18-8-7-17-54(56)80-2)37-41-20-27-51(53(62)33-41)60(66,67)84(73,74)82-48-25-28-57(55(35-48)81-63)85(75,76)68(36-40-19-26-50(52(61)32-40)59(64,65)83(3,4)72)30-29-39-11-9-13-43(31-39)44-14-10-15-45(34-44)58(70)71/h5-28,31-35H,29-30,36-38H2,1-4H3,(H,70,71)(H,73,74). The van der Waals surface area contributed by atoms with E-state index in [0.717, 1.165) is 70.0 Å². The van der Waals surface area contributed by atoms with Gasteiger partial charge in [0, 0.05) is 37.8 Å². The Hall–Kier alpha value is -6.74. The summed E-state index contributed by atoms with van der Waals surface area (Å²) in [5.74, 6) is -2.13. The van der Waals surface area contributed by atoms with Gasteiger partial charge in [0.1, 0.15) is 38.9 Å². The van der Waals surface area contributed by atoms with E-state index in [-0.39, 0.29) is 46.8 Å². The number of hydrogen-bond acceptors (Lipinski definition) is 11. The topological polar surface area (TPSA) is 203 Å². The van der Waals surface area contributed by atoms with Crippen LogP contribution in [0.1, 0.15) is 43.7 Å². The quantitative estimate of drug-likeness (QED) is 0.0404. The van der Waals surface area contributed by atoms with Gasteiger partial charge in [-0.2, -0.15) is 26.2 Å². The van der Waals surface area contributed by atoms with E-state index in [9.17, 15) is 40.8 Å². The van der Waals surface area contributed by atoms with Crippen molar-refractivity contribution in [1.29, 1.82) is 0 Å². The zero-order valence-corrected chi connectivity index (χ0v) is 51.6. The number of para-hydroxylation sites is 1. The summed E-state index contributed by atoms with van der Waals surface area (Å²) in [5, 5.41) is 8.29. The van der Waals surface area contributed by atoms with Gasteiger partial charge >= 0.3 is 24.9 Å². The van der Waals surface area contributed by atoms with Crippen LogP contribution in [0.25, 0.3) is 22.3 Å². The molecular formula is C60H53Cl3F4N2O13P2S2. The van der Waals surface area contributed by atoms with Crippen LogP contribution in [0.15, 0.2) is 186 Å². The Bertz CT molecular complexity index is 4180. The van der Waals surface area contributed by atoms with Crippen LogP contribution in [0.5, 0.6) is 23.0 Å². The Labute approximate surface area is 509 Å². The minimum absolute atomic E-state index is 0.0187. The first kappa shape index (κ1) is 65.2. The monoisotopic (exact) mass is 1320 g/mol. The van der Waals surface area contributed by atoms with Crippen molar-refractivity contribution in [3.05, 3.63) is 225 Å². The SMILES string of the molecule is COc1ccc(-c2ccccc2CN(Cc2ccc(C(F)(F)P(=O)(O)Oc3ccc(S(=O)(=O)N(CCc4cccc(-c5cccc(C(=O)O)c5)c4)Cc4ccc(C(F)(F)P(C)(C)=O)c(Cl)c4)c(OCl)c3)c(Cl)c2)S(=O)(=O)c2ccccc2OC)cc1. The fourth-order valence-corrected chi connectivity index (χ4v) is 15.0. The second-order valence-electron chi connectivity index (χ2n) is 19.8. The van der Waals surface area contributed by atoms with Crippen molar-refractivity contribution in [3.63, 3.8) is 0 Å². The molecule has 26 heteroatoms. The zero-order valence-electron chi connectivity index (χ0n) is 45.9. The number of rotatable bonds is 25. The number of aromatic carboxylic acids is 1. The van der Waals surface area contributed by atoms with Crippen molar-refractivity contribution in [2.75, 3.05) is 34.1 Å². The Morgan fingerprint density at radius 3 is 1.73 bits per heavy atom.